The van der Waals surface area contributed by atoms with Gasteiger partial charge in [0.1, 0.15) is 5.75 Å². The molecule has 1 aliphatic carbocycles. The lowest BCUT2D eigenvalue weighted by Crippen LogP contribution is -2.35. The third kappa shape index (κ3) is 3.82. The minimum Gasteiger partial charge on any atom is -0.497 e. The Labute approximate surface area is 154 Å². The van der Waals surface area contributed by atoms with E-state index in [1.54, 1.807) is 44.4 Å². The molecule has 3 rings (SSSR count). The molecule has 0 spiro atoms. The highest BCUT2D eigenvalue weighted by Crippen LogP contribution is 2.34. The molecule has 0 saturated carbocycles. The van der Waals surface area contributed by atoms with Crippen LogP contribution in [0, 0.1) is 17.8 Å². The van der Waals surface area contributed by atoms with Crippen molar-refractivity contribution in [3.05, 3.63) is 47.6 Å². The number of fused-ring (bicyclic) bond motifs is 1. The molecular weight excluding hydrogens is 330 g/mol. The van der Waals surface area contributed by atoms with Crippen molar-refractivity contribution < 1.29 is 19.4 Å². The van der Waals surface area contributed by atoms with Crippen LogP contribution >= 0.6 is 0 Å². The van der Waals surface area contributed by atoms with Crippen molar-refractivity contribution in [2.75, 3.05) is 20.2 Å². The number of likely N-dealkylation sites (tertiary alicyclic amines) is 1. The molecule has 1 aromatic rings. The van der Waals surface area contributed by atoms with Gasteiger partial charge in [-0.1, -0.05) is 24.3 Å². The number of carbonyl (C=O) groups is 2. The maximum atomic E-state index is 12.9. The van der Waals surface area contributed by atoms with E-state index in [0.29, 0.717) is 23.1 Å². The maximum absolute atomic E-state index is 12.9. The average Bonchev–Trinajstić information content (AvgIpc) is 3.09. The highest BCUT2D eigenvalue weighted by atomic mass is 16.5. The first-order chi connectivity index (χ1) is 12.5. The van der Waals surface area contributed by atoms with E-state index in [4.69, 9.17) is 4.74 Å². The number of benzene rings is 1. The van der Waals surface area contributed by atoms with Crippen LogP contribution in [0.3, 0.4) is 0 Å². The number of hydrogen-bond donors (Lipinski definition) is 1. The number of nitrogens with zero attached hydrogens (tertiary/aromatic N) is 1. The fraction of sp³-hybridized carbons (Fsp3) is 0.429. The first-order valence-electron chi connectivity index (χ1n) is 9.02. The molecule has 1 saturated heterocycles. The summed E-state index contributed by atoms with van der Waals surface area (Å²) in [5.41, 5.74) is 0.817. The van der Waals surface area contributed by atoms with E-state index in [2.05, 4.69) is 12.2 Å². The van der Waals surface area contributed by atoms with Gasteiger partial charge in [0.25, 0.3) is 0 Å². The number of amides is 1. The van der Waals surface area contributed by atoms with Gasteiger partial charge in [-0.2, -0.15) is 0 Å². The van der Waals surface area contributed by atoms with Gasteiger partial charge in [0.05, 0.1) is 13.0 Å². The fourth-order valence-electron chi connectivity index (χ4n) is 3.88. The van der Waals surface area contributed by atoms with Gasteiger partial charge in [-0.05, 0) is 55.4 Å². The zero-order valence-electron chi connectivity index (χ0n) is 15.2. The van der Waals surface area contributed by atoms with Gasteiger partial charge in [0, 0.05) is 18.7 Å². The summed E-state index contributed by atoms with van der Waals surface area (Å²) in [7, 11) is 1.56. The van der Waals surface area contributed by atoms with E-state index in [9.17, 15) is 14.7 Å². The lowest BCUT2D eigenvalue weighted by atomic mass is 9.86. The molecule has 1 N–H and O–H groups in total. The van der Waals surface area contributed by atoms with Crippen molar-refractivity contribution >= 4 is 18.0 Å². The van der Waals surface area contributed by atoms with Crippen LogP contribution in [-0.4, -0.2) is 42.1 Å². The van der Waals surface area contributed by atoms with E-state index < -0.39 is 11.9 Å². The molecule has 1 fully saturated rings. The third-order valence-corrected chi connectivity index (χ3v) is 5.43. The van der Waals surface area contributed by atoms with Gasteiger partial charge >= 0.3 is 5.97 Å². The van der Waals surface area contributed by atoms with Crippen LogP contribution in [0.5, 0.6) is 5.75 Å². The normalized spacial score (nSPS) is 23.5. The monoisotopic (exact) mass is 355 g/mol. The predicted molar refractivity (Wildman–Crippen MR) is 99.7 cm³/mol. The summed E-state index contributed by atoms with van der Waals surface area (Å²) in [6, 6.07) is 7.16. The molecule has 2 aliphatic rings. The second kappa shape index (κ2) is 7.77. The molecule has 1 aromatic carbocycles. The zero-order chi connectivity index (χ0) is 18.7. The first kappa shape index (κ1) is 18.2. The minimum atomic E-state index is -1.06. The molecule has 138 valence electrons. The molecule has 3 atom stereocenters. The highest BCUT2D eigenvalue weighted by Gasteiger charge is 2.37. The summed E-state index contributed by atoms with van der Waals surface area (Å²) >= 11 is 0. The van der Waals surface area contributed by atoms with E-state index >= 15 is 0 Å². The number of aliphatic carboxylic acids is 1. The van der Waals surface area contributed by atoms with Gasteiger partial charge in [-0.3, -0.25) is 4.79 Å². The van der Waals surface area contributed by atoms with Crippen LogP contribution in [0.2, 0.25) is 0 Å². The molecule has 1 aliphatic heterocycles. The van der Waals surface area contributed by atoms with Crippen molar-refractivity contribution in [2.24, 2.45) is 17.8 Å². The van der Waals surface area contributed by atoms with Crippen LogP contribution in [0.25, 0.3) is 6.08 Å². The molecule has 0 aromatic heterocycles. The summed E-state index contributed by atoms with van der Waals surface area (Å²) in [5.74, 6) is -0.188. The number of methoxy groups -OCH3 is 1. The highest BCUT2D eigenvalue weighted by molar-refractivity contribution is 5.99. The lowest BCUT2D eigenvalue weighted by Gasteiger charge is -2.21. The molecule has 5 nitrogen and oxygen atoms in total. The average molecular weight is 355 g/mol. The molecule has 0 bridgehead atoms. The predicted octanol–water partition coefficient (Wildman–Crippen LogP) is 3.22. The Balaban J connectivity index is 1.78. The van der Waals surface area contributed by atoms with Crippen LogP contribution in [0.1, 0.15) is 25.3 Å². The molecule has 0 radical (unpaired) electrons. The van der Waals surface area contributed by atoms with Gasteiger partial charge in [-0.15, -0.1) is 0 Å². The summed E-state index contributed by atoms with van der Waals surface area (Å²) < 4.78 is 5.18. The molecule has 1 heterocycles. The third-order valence-electron chi connectivity index (χ3n) is 5.43. The Bertz CT molecular complexity index is 736. The Hall–Kier alpha value is -2.56. The standard InChI is InChI=1S/C21H25NO4/c1-14(20(23)22-12-16-7-3-4-8-17(16)13-22)19(21(24)25)11-15-6-5-9-18(10-15)26-2/h3-6,9-11,14,16-17H,7-8,12-13H2,1-2H3,(H,24,25). The van der Waals surface area contributed by atoms with E-state index in [1.165, 1.54) is 0 Å². The van der Waals surface area contributed by atoms with Crippen molar-refractivity contribution in [3.63, 3.8) is 0 Å². The number of carboxylic acid groups (broad SMARTS) is 1. The number of allylic oxidation sites excluding steroid dienone is 2. The lowest BCUT2D eigenvalue weighted by molar-refractivity contribution is -0.138. The second-order valence-corrected chi connectivity index (χ2v) is 7.11. The summed E-state index contributed by atoms with van der Waals surface area (Å²) in [4.78, 5) is 26.6. The van der Waals surface area contributed by atoms with Gasteiger partial charge in [0.2, 0.25) is 5.91 Å². The summed E-state index contributed by atoms with van der Waals surface area (Å²) in [6.45, 7) is 3.14. The zero-order valence-corrected chi connectivity index (χ0v) is 15.2. The summed E-state index contributed by atoms with van der Waals surface area (Å²) in [5, 5.41) is 9.65. The quantitative estimate of drug-likeness (QED) is 0.650. The number of ether oxygens (including phenoxy) is 1. The number of rotatable bonds is 5. The number of carbonyl (C=O) groups excluding carboxylic acids is 1. The second-order valence-electron chi connectivity index (χ2n) is 7.11. The minimum absolute atomic E-state index is 0.101. The maximum Gasteiger partial charge on any atom is 0.332 e. The molecule has 26 heavy (non-hydrogen) atoms. The van der Waals surface area contributed by atoms with E-state index in [0.717, 1.165) is 25.9 Å². The number of hydrogen-bond acceptors (Lipinski definition) is 3. The Morgan fingerprint density at radius 3 is 2.46 bits per heavy atom. The van der Waals surface area contributed by atoms with Crippen molar-refractivity contribution in [3.8, 4) is 5.75 Å². The van der Waals surface area contributed by atoms with E-state index in [-0.39, 0.29) is 11.5 Å². The molecule has 1 amide bonds. The van der Waals surface area contributed by atoms with Gasteiger partial charge < -0.3 is 14.7 Å². The smallest absolute Gasteiger partial charge is 0.332 e. The van der Waals surface area contributed by atoms with Crippen LogP contribution < -0.4 is 4.74 Å². The Kier molecular flexibility index (Phi) is 5.45. The van der Waals surface area contributed by atoms with Gasteiger partial charge in [0.15, 0.2) is 0 Å². The molecule has 5 heteroatoms. The number of carboxylic acids is 1. The molecular formula is C21H25NO4. The summed E-state index contributed by atoms with van der Waals surface area (Å²) in [6.07, 6.45) is 7.95. The van der Waals surface area contributed by atoms with Gasteiger partial charge in [-0.25, -0.2) is 4.79 Å². The SMILES string of the molecule is COc1cccc(C=C(C(=O)O)C(C)C(=O)N2CC3CC=CCC3C2)c1. The fourth-order valence-corrected chi connectivity index (χ4v) is 3.88. The van der Waals surface area contributed by atoms with Crippen LogP contribution in [0.4, 0.5) is 0 Å². The topological polar surface area (TPSA) is 66.8 Å². The molecule has 3 unspecified atom stereocenters. The van der Waals surface area contributed by atoms with Crippen LogP contribution in [0.15, 0.2) is 42.0 Å². The Morgan fingerprint density at radius 2 is 1.88 bits per heavy atom. The van der Waals surface area contributed by atoms with Crippen molar-refractivity contribution in [2.45, 2.75) is 19.8 Å². The van der Waals surface area contributed by atoms with E-state index in [1.807, 2.05) is 4.90 Å². The largest absolute Gasteiger partial charge is 0.497 e. The van der Waals surface area contributed by atoms with Crippen molar-refractivity contribution in [1.29, 1.82) is 0 Å². The first-order valence-corrected chi connectivity index (χ1v) is 9.02. The Morgan fingerprint density at radius 1 is 1.23 bits per heavy atom. The van der Waals surface area contributed by atoms with Crippen LogP contribution in [-0.2, 0) is 9.59 Å². The van der Waals surface area contributed by atoms with Crippen molar-refractivity contribution in [1.82, 2.24) is 4.90 Å².